The van der Waals surface area contributed by atoms with E-state index in [-0.39, 0.29) is 5.91 Å². The minimum absolute atomic E-state index is 0.0874. The molecule has 21 heavy (non-hydrogen) atoms. The van der Waals surface area contributed by atoms with E-state index < -0.39 is 0 Å². The number of nitrogens with zero attached hydrogens (tertiary/aromatic N) is 2. The average Bonchev–Trinajstić information content (AvgIpc) is 3.00. The van der Waals surface area contributed by atoms with Crippen LogP contribution in [0.5, 0.6) is 0 Å². The molecule has 0 aliphatic heterocycles. The number of hydrogen-bond donors (Lipinski definition) is 1. The van der Waals surface area contributed by atoms with Crippen LogP contribution in [0.1, 0.15) is 18.1 Å². The first-order valence-electron chi connectivity index (χ1n) is 6.88. The molecule has 1 N–H and O–H groups in total. The monoisotopic (exact) mass is 281 g/mol. The van der Waals surface area contributed by atoms with Gasteiger partial charge in [0.05, 0.1) is 6.33 Å². The van der Waals surface area contributed by atoms with Gasteiger partial charge < -0.3 is 9.88 Å². The van der Waals surface area contributed by atoms with Crippen molar-refractivity contribution in [2.45, 2.75) is 20.0 Å². The van der Waals surface area contributed by atoms with Gasteiger partial charge in [-0.05, 0) is 18.1 Å². The number of carbonyl (C=O) groups is 1. The molecule has 0 saturated heterocycles. The second kappa shape index (κ2) is 7.85. The van der Waals surface area contributed by atoms with Crippen molar-refractivity contribution in [1.29, 1.82) is 0 Å². The first kappa shape index (κ1) is 14.8. The van der Waals surface area contributed by atoms with Crippen LogP contribution in [0.4, 0.5) is 0 Å². The van der Waals surface area contributed by atoms with Gasteiger partial charge in [-0.1, -0.05) is 42.5 Å². The molecule has 108 valence electrons. The van der Waals surface area contributed by atoms with E-state index >= 15 is 0 Å². The normalized spacial score (nSPS) is 11.3. The van der Waals surface area contributed by atoms with Crippen LogP contribution < -0.4 is 5.32 Å². The zero-order valence-electron chi connectivity index (χ0n) is 12.1. The molecule has 1 aromatic heterocycles. The second-order valence-electron chi connectivity index (χ2n) is 4.65. The number of carbonyl (C=O) groups excluding carboxylic acids is 1. The molecule has 1 amide bonds. The summed E-state index contributed by atoms with van der Waals surface area (Å²) in [5, 5.41) is 2.85. The zero-order chi connectivity index (χ0) is 14.9. The number of imidazole rings is 1. The quantitative estimate of drug-likeness (QED) is 0.653. The summed E-state index contributed by atoms with van der Waals surface area (Å²) in [7, 11) is 0. The summed E-state index contributed by atoms with van der Waals surface area (Å²) in [6, 6.07) is 8.19. The van der Waals surface area contributed by atoms with Crippen LogP contribution in [-0.2, 0) is 17.9 Å². The average molecular weight is 281 g/mol. The first-order chi connectivity index (χ1) is 10.3. The molecule has 4 heteroatoms. The van der Waals surface area contributed by atoms with Crippen molar-refractivity contribution in [3.8, 4) is 0 Å². The Bertz CT molecular complexity index is 610. The van der Waals surface area contributed by atoms with Crippen molar-refractivity contribution in [3.05, 3.63) is 78.4 Å². The second-order valence-corrected chi connectivity index (χ2v) is 4.65. The molecule has 0 aliphatic rings. The van der Waals surface area contributed by atoms with E-state index in [1.165, 1.54) is 11.6 Å². The van der Waals surface area contributed by atoms with Crippen LogP contribution in [0.2, 0.25) is 0 Å². The lowest BCUT2D eigenvalue weighted by Crippen LogP contribution is -2.20. The van der Waals surface area contributed by atoms with Gasteiger partial charge in [-0.2, -0.15) is 0 Å². The van der Waals surface area contributed by atoms with Crippen molar-refractivity contribution in [2.75, 3.05) is 0 Å². The lowest BCUT2D eigenvalue weighted by molar-refractivity contribution is -0.116. The van der Waals surface area contributed by atoms with Crippen LogP contribution in [0.15, 0.2) is 67.3 Å². The number of amides is 1. The van der Waals surface area contributed by atoms with Gasteiger partial charge in [0.15, 0.2) is 0 Å². The summed E-state index contributed by atoms with van der Waals surface area (Å²) in [4.78, 5) is 15.5. The van der Waals surface area contributed by atoms with Gasteiger partial charge in [0.25, 0.3) is 0 Å². The van der Waals surface area contributed by atoms with Crippen LogP contribution in [0.3, 0.4) is 0 Å². The molecule has 1 aromatic carbocycles. The summed E-state index contributed by atoms with van der Waals surface area (Å²) in [6.07, 6.45) is 12.5. The highest BCUT2D eigenvalue weighted by molar-refractivity contribution is 5.87. The van der Waals surface area contributed by atoms with Gasteiger partial charge in [0, 0.05) is 31.6 Å². The molecule has 0 atom stereocenters. The van der Waals surface area contributed by atoms with Crippen molar-refractivity contribution in [3.63, 3.8) is 0 Å². The van der Waals surface area contributed by atoms with Gasteiger partial charge in [0.2, 0.25) is 5.91 Å². The lowest BCUT2D eigenvalue weighted by atomic mass is 10.1. The topological polar surface area (TPSA) is 46.9 Å². The summed E-state index contributed by atoms with van der Waals surface area (Å²) in [5.41, 5.74) is 2.29. The Balaban J connectivity index is 1.83. The molecule has 2 aromatic rings. The minimum Gasteiger partial charge on any atom is -0.348 e. The molecule has 0 aliphatic carbocycles. The van der Waals surface area contributed by atoms with E-state index in [4.69, 9.17) is 0 Å². The summed E-state index contributed by atoms with van der Waals surface area (Å²) >= 11 is 0. The summed E-state index contributed by atoms with van der Waals surface area (Å²) in [5.74, 6) is -0.0874. The fourth-order valence-corrected chi connectivity index (χ4v) is 1.86. The number of rotatable bonds is 6. The van der Waals surface area contributed by atoms with E-state index in [0.717, 1.165) is 12.1 Å². The van der Waals surface area contributed by atoms with Crippen molar-refractivity contribution >= 4 is 5.91 Å². The molecule has 4 nitrogen and oxygen atoms in total. The minimum atomic E-state index is -0.0874. The third kappa shape index (κ3) is 5.10. The predicted octanol–water partition coefficient (Wildman–Crippen LogP) is 2.68. The molecule has 0 unspecified atom stereocenters. The van der Waals surface area contributed by atoms with Crippen molar-refractivity contribution < 1.29 is 4.79 Å². The first-order valence-corrected chi connectivity index (χ1v) is 6.88. The smallest absolute Gasteiger partial charge is 0.244 e. The number of nitrogens with one attached hydrogen (secondary N) is 1. The van der Waals surface area contributed by atoms with E-state index in [1.807, 2.05) is 42.0 Å². The van der Waals surface area contributed by atoms with Crippen molar-refractivity contribution in [1.82, 2.24) is 14.9 Å². The Morgan fingerprint density at radius 3 is 2.67 bits per heavy atom. The molecule has 1 heterocycles. The summed E-state index contributed by atoms with van der Waals surface area (Å²) in [6.45, 7) is 3.25. The third-order valence-corrected chi connectivity index (χ3v) is 2.97. The van der Waals surface area contributed by atoms with Gasteiger partial charge in [-0.3, -0.25) is 4.79 Å². The van der Waals surface area contributed by atoms with E-state index in [9.17, 15) is 4.79 Å². The van der Waals surface area contributed by atoms with E-state index in [2.05, 4.69) is 22.4 Å². The Morgan fingerprint density at radius 1 is 1.24 bits per heavy atom. The molecule has 0 fully saturated rings. The highest BCUT2D eigenvalue weighted by atomic mass is 16.1. The predicted molar refractivity (Wildman–Crippen MR) is 83.6 cm³/mol. The Labute approximate surface area is 124 Å². The van der Waals surface area contributed by atoms with E-state index in [0.29, 0.717) is 6.54 Å². The van der Waals surface area contributed by atoms with Gasteiger partial charge in [-0.25, -0.2) is 4.98 Å². The standard InChI is InChI=1S/C17H19N3O/c1-2-3-4-5-17(21)19-12-15-6-8-16(9-7-15)13-20-11-10-18-14-20/h2-11,14H,12-13H2,1H3,(H,19,21)/b3-2+,5-4+. The van der Waals surface area contributed by atoms with Crippen LogP contribution in [0, 0.1) is 0 Å². The van der Waals surface area contributed by atoms with Gasteiger partial charge in [0.1, 0.15) is 0 Å². The molecule has 2 rings (SSSR count). The number of allylic oxidation sites excluding steroid dienone is 3. The number of aromatic nitrogens is 2. The molecule has 0 bridgehead atoms. The van der Waals surface area contributed by atoms with E-state index in [1.54, 1.807) is 18.6 Å². The molecular formula is C17H19N3O. The zero-order valence-corrected chi connectivity index (χ0v) is 12.1. The van der Waals surface area contributed by atoms with Crippen LogP contribution in [-0.4, -0.2) is 15.5 Å². The van der Waals surface area contributed by atoms with Gasteiger partial charge >= 0.3 is 0 Å². The maximum atomic E-state index is 11.5. The fourth-order valence-electron chi connectivity index (χ4n) is 1.86. The fraction of sp³-hybridized carbons (Fsp3) is 0.176. The summed E-state index contributed by atoms with van der Waals surface area (Å²) < 4.78 is 2.02. The molecule has 0 saturated carbocycles. The Hall–Kier alpha value is -2.62. The largest absolute Gasteiger partial charge is 0.348 e. The maximum Gasteiger partial charge on any atom is 0.244 e. The highest BCUT2D eigenvalue weighted by Crippen LogP contribution is 2.06. The molecule has 0 spiro atoms. The number of benzene rings is 1. The van der Waals surface area contributed by atoms with Crippen molar-refractivity contribution in [2.24, 2.45) is 0 Å². The Kier molecular flexibility index (Phi) is 5.52. The lowest BCUT2D eigenvalue weighted by Gasteiger charge is -2.05. The molecule has 0 radical (unpaired) electrons. The molecular weight excluding hydrogens is 262 g/mol. The number of hydrogen-bond acceptors (Lipinski definition) is 2. The van der Waals surface area contributed by atoms with Crippen LogP contribution in [0.25, 0.3) is 0 Å². The van der Waals surface area contributed by atoms with Gasteiger partial charge in [-0.15, -0.1) is 0 Å². The maximum absolute atomic E-state index is 11.5. The SMILES string of the molecule is C/C=C/C=C/C(=O)NCc1ccc(Cn2ccnc2)cc1. The van der Waals surface area contributed by atoms with Crippen LogP contribution >= 0.6 is 0 Å². The third-order valence-electron chi connectivity index (χ3n) is 2.97. The highest BCUT2D eigenvalue weighted by Gasteiger charge is 1.98. The Morgan fingerprint density at radius 2 is 2.00 bits per heavy atom.